The number of aryl methyl sites for hydroxylation is 1. The van der Waals surface area contributed by atoms with E-state index in [4.69, 9.17) is 9.47 Å². The summed E-state index contributed by atoms with van der Waals surface area (Å²) in [6.45, 7) is 2.79. The zero-order valence-corrected chi connectivity index (χ0v) is 17.4. The number of hydrogen-bond donors (Lipinski definition) is 1. The summed E-state index contributed by atoms with van der Waals surface area (Å²) >= 11 is 2.80. The van der Waals surface area contributed by atoms with E-state index >= 15 is 0 Å². The first-order valence-electron chi connectivity index (χ1n) is 8.84. The van der Waals surface area contributed by atoms with Crippen LogP contribution in [0.5, 0.6) is 11.5 Å². The highest BCUT2D eigenvalue weighted by Gasteiger charge is 2.05. The second kappa shape index (κ2) is 11.2. The number of ether oxygens (including phenoxy) is 2. The van der Waals surface area contributed by atoms with Crippen LogP contribution in [0, 0.1) is 6.92 Å². The molecule has 0 atom stereocenters. The van der Waals surface area contributed by atoms with Crippen LogP contribution in [-0.2, 0) is 4.79 Å². The van der Waals surface area contributed by atoms with Crippen molar-refractivity contribution in [3.63, 3.8) is 0 Å². The van der Waals surface area contributed by atoms with Gasteiger partial charge in [0.15, 0.2) is 4.34 Å². The molecule has 0 saturated heterocycles. The number of carbonyl (C=O) groups excluding carboxylic acids is 1. The van der Waals surface area contributed by atoms with Gasteiger partial charge in [-0.2, -0.15) is 5.10 Å². The van der Waals surface area contributed by atoms with E-state index in [-0.39, 0.29) is 11.7 Å². The van der Waals surface area contributed by atoms with Gasteiger partial charge in [-0.05, 0) is 48.9 Å². The summed E-state index contributed by atoms with van der Waals surface area (Å²) in [7, 11) is 0. The van der Waals surface area contributed by atoms with E-state index in [0.29, 0.717) is 13.2 Å². The summed E-state index contributed by atoms with van der Waals surface area (Å²) in [5.74, 6) is 1.61. The molecule has 150 valence electrons. The van der Waals surface area contributed by atoms with Crippen LogP contribution in [0.2, 0.25) is 0 Å². The number of carbonyl (C=O) groups is 1. The number of amides is 1. The molecule has 1 amide bonds. The van der Waals surface area contributed by atoms with Gasteiger partial charge >= 0.3 is 0 Å². The van der Waals surface area contributed by atoms with Crippen molar-refractivity contribution >= 4 is 35.2 Å². The minimum absolute atomic E-state index is 0.197. The smallest absolute Gasteiger partial charge is 0.250 e. The van der Waals surface area contributed by atoms with Gasteiger partial charge in [0.05, 0.1) is 12.0 Å². The third-order valence-corrected chi connectivity index (χ3v) is 5.45. The first-order valence-corrected chi connectivity index (χ1v) is 10.6. The van der Waals surface area contributed by atoms with Crippen LogP contribution < -0.4 is 14.9 Å². The van der Waals surface area contributed by atoms with E-state index in [1.807, 2.05) is 61.5 Å². The van der Waals surface area contributed by atoms with Crippen molar-refractivity contribution in [1.29, 1.82) is 0 Å². The van der Waals surface area contributed by atoms with E-state index in [1.54, 1.807) is 6.21 Å². The lowest BCUT2D eigenvalue weighted by Gasteiger charge is -2.08. The predicted octanol–water partition coefficient (Wildman–Crippen LogP) is 3.55. The van der Waals surface area contributed by atoms with Crippen LogP contribution >= 0.6 is 23.1 Å². The minimum Gasteiger partial charge on any atom is -0.490 e. The average molecular weight is 429 g/mol. The fourth-order valence-corrected chi connectivity index (χ4v) is 3.77. The Labute approximate surface area is 177 Å². The number of rotatable bonds is 10. The number of para-hydroxylation sites is 1. The van der Waals surface area contributed by atoms with Crippen LogP contribution in [0.15, 0.2) is 64.0 Å². The molecule has 1 heterocycles. The molecule has 0 aliphatic heterocycles. The average Bonchev–Trinajstić information content (AvgIpc) is 3.17. The van der Waals surface area contributed by atoms with E-state index < -0.39 is 0 Å². The largest absolute Gasteiger partial charge is 0.490 e. The second-order valence-corrected chi connectivity index (χ2v) is 8.15. The van der Waals surface area contributed by atoms with Crippen molar-refractivity contribution < 1.29 is 14.3 Å². The molecule has 0 saturated carbocycles. The van der Waals surface area contributed by atoms with E-state index in [9.17, 15) is 4.79 Å². The lowest BCUT2D eigenvalue weighted by Crippen LogP contribution is -2.19. The Morgan fingerprint density at radius 1 is 1.07 bits per heavy atom. The molecule has 3 aromatic rings. The number of hydrazone groups is 1. The molecular weight excluding hydrogens is 408 g/mol. The number of nitrogens with one attached hydrogen (secondary N) is 1. The number of nitrogens with zero attached hydrogens (tertiary/aromatic N) is 3. The lowest BCUT2D eigenvalue weighted by atomic mass is 10.2. The Balaban J connectivity index is 1.34. The molecular formula is C20H20N4O3S2. The highest BCUT2D eigenvalue weighted by Crippen LogP contribution is 2.21. The van der Waals surface area contributed by atoms with Gasteiger partial charge < -0.3 is 9.47 Å². The normalized spacial score (nSPS) is 10.8. The Bertz CT molecular complexity index is 930. The molecule has 1 aromatic heterocycles. The minimum atomic E-state index is -0.197. The highest BCUT2D eigenvalue weighted by atomic mass is 32.2. The Morgan fingerprint density at radius 2 is 1.76 bits per heavy atom. The maximum absolute atomic E-state index is 11.8. The highest BCUT2D eigenvalue weighted by molar-refractivity contribution is 8.01. The lowest BCUT2D eigenvalue weighted by molar-refractivity contribution is -0.118. The molecule has 0 bridgehead atoms. The zero-order chi connectivity index (χ0) is 20.3. The van der Waals surface area contributed by atoms with Crippen molar-refractivity contribution in [3.05, 3.63) is 65.2 Å². The molecule has 9 heteroatoms. The van der Waals surface area contributed by atoms with Crippen LogP contribution in [-0.4, -0.2) is 41.3 Å². The van der Waals surface area contributed by atoms with Crippen molar-refractivity contribution in [1.82, 2.24) is 15.6 Å². The Hall–Kier alpha value is -2.91. The monoisotopic (exact) mass is 428 g/mol. The van der Waals surface area contributed by atoms with Crippen molar-refractivity contribution in [2.45, 2.75) is 11.3 Å². The summed E-state index contributed by atoms with van der Waals surface area (Å²) in [6.07, 6.45) is 1.58. The van der Waals surface area contributed by atoms with Crippen LogP contribution in [0.1, 0.15) is 10.6 Å². The number of hydrogen-bond acceptors (Lipinski definition) is 8. The molecule has 0 unspecified atom stereocenters. The van der Waals surface area contributed by atoms with E-state index in [1.165, 1.54) is 23.1 Å². The van der Waals surface area contributed by atoms with E-state index in [2.05, 4.69) is 20.7 Å². The van der Waals surface area contributed by atoms with Gasteiger partial charge in [-0.25, -0.2) is 5.43 Å². The molecule has 1 N–H and O–H groups in total. The molecule has 3 rings (SSSR count). The molecule has 2 aromatic carbocycles. The number of aromatic nitrogens is 2. The van der Waals surface area contributed by atoms with Gasteiger partial charge in [-0.3, -0.25) is 4.79 Å². The third kappa shape index (κ3) is 7.55. The second-order valence-electron chi connectivity index (χ2n) is 5.75. The van der Waals surface area contributed by atoms with Crippen molar-refractivity contribution in [2.75, 3.05) is 19.0 Å². The quantitative estimate of drug-likeness (QED) is 0.230. The third-order valence-electron chi connectivity index (χ3n) is 3.48. The first kappa shape index (κ1) is 20.8. The van der Waals surface area contributed by atoms with Gasteiger partial charge in [0, 0.05) is 0 Å². The van der Waals surface area contributed by atoms with Gasteiger partial charge in [0.25, 0.3) is 5.91 Å². The van der Waals surface area contributed by atoms with E-state index in [0.717, 1.165) is 26.4 Å². The van der Waals surface area contributed by atoms with Crippen LogP contribution in [0.25, 0.3) is 0 Å². The fourth-order valence-electron chi connectivity index (χ4n) is 2.16. The molecule has 0 aliphatic carbocycles. The summed E-state index contributed by atoms with van der Waals surface area (Å²) in [4.78, 5) is 11.8. The van der Waals surface area contributed by atoms with Crippen LogP contribution in [0.4, 0.5) is 0 Å². The fraction of sp³-hybridized carbons (Fsp3) is 0.200. The molecule has 7 nitrogen and oxygen atoms in total. The van der Waals surface area contributed by atoms with Gasteiger partial charge in [-0.15, -0.1) is 10.2 Å². The molecule has 0 spiro atoms. The predicted molar refractivity (Wildman–Crippen MR) is 115 cm³/mol. The molecule has 0 radical (unpaired) electrons. The Morgan fingerprint density at radius 3 is 2.41 bits per heavy atom. The summed E-state index contributed by atoms with van der Waals surface area (Å²) < 4.78 is 12.0. The van der Waals surface area contributed by atoms with Gasteiger partial charge in [0.1, 0.15) is 29.7 Å². The van der Waals surface area contributed by atoms with Gasteiger partial charge in [0.2, 0.25) is 0 Å². The van der Waals surface area contributed by atoms with Crippen molar-refractivity contribution in [2.24, 2.45) is 5.10 Å². The summed E-state index contributed by atoms with van der Waals surface area (Å²) in [6, 6.07) is 17.0. The molecule has 0 fully saturated rings. The molecule has 0 aliphatic rings. The van der Waals surface area contributed by atoms with Crippen LogP contribution in [0.3, 0.4) is 0 Å². The topological polar surface area (TPSA) is 85.7 Å². The zero-order valence-electron chi connectivity index (χ0n) is 15.8. The maximum atomic E-state index is 11.8. The molecule has 29 heavy (non-hydrogen) atoms. The first-order chi connectivity index (χ1) is 14.2. The van der Waals surface area contributed by atoms with Crippen molar-refractivity contribution in [3.8, 4) is 11.5 Å². The maximum Gasteiger partial charge on any atom is 0.250 e. The standard InChI is InChI=1S/C20H20N4O3S2/c1-15-22-24-20(29-15)28-14-19(25)23-21-13-16-7-9-18(10-8-16)27-12-11-26-17-5-3-2-4-6-17/h2-10,13H,11-12,14H2,1H3,(H,23,25)/b21-13-. The number of benzene rings is 2. The summed E-state index contributed by atoms with van der Waals surface area (Å²) in [5.41, 5.74) is 3.35. The summed E-state index contributed by atoms with van der Waals surface area (Å²) in [5, 5.41) is 12.7. The SMILES string of the molecule is Cc1nnc(SCC(=O)N/N=C\c2ccc(OCCOc3ccccc3)cc2)s1. The van der Waals surface area contributed by atoms with Gasteiger partial charge in [-0.1, -0.05) is 41.3 Å². The number of thioether (sulfide) groups is 1. The Kier molecular flexibility index (Phi) is 8.02.